The zero-order valence-corrected chi connectivity index (χ0v) is 26.7. The molecule has 1 aromatic heterocycles. The summed E-state index contributed by atoms with van der Waals surface area (Å²) < 4.78 is 39.7. The van der Waals surface area contributed by atoms with E-state index >= 15 is 8.63 Å². The number of amides is 2. The molecule has 2 amide bonds. The van der Waals surface area contributed by atoms with Gasteiger partial charge in [0.1, 0.15) is 11.3 Å². The number of fused-ring (bicyclic) bond motifs is 2. The third kappa shape index (κ3) is 4.54. The van der Waals surface area contributed by atoms with Gasteiger partial charge < -0.3 is 38.1 Å². The molecule has 4 heterocycles. The molecule has 240 valence electrons. The second-order valence-electron chi connectivity index (χ2n) is 13.8. The number of nitrogens with one attached hydrogen (secondary N) is 2. The monoisotopic (exact) mass is 622 g/mol. The highest BCUT2D eigenvalue weighted by Crippen LogP contribution is 2.64. The van der Waals surface area contributed by atoms with E-state index in [2.05, 4.69) is 10.6 Å². The van der Waals surface area contributed by atoms with E-state index in [1.165, 1.54) is 0 Å². The maximum Gasteiger partial charge on any atom is 0.737 e. The molecule has 1 saturated heterocycles. The van der Waals surface area contributed by atoms with Gasteiger partial charge in [0.05, 0.1) is 5.60 Å². The number of aliphatic hydroxyl groups is 1. The lowest BCUT2D eigenvalue weighted by Gasteiger charge is -2.51. The van der Waals surface area contributed by atoms with Gasteiger partial charge in [0.25, 0.3) is 0 Å². The third-order valence-corrected chi connectivity index (χ3v) is 10.2. The van der Waals surface area contributed by atoms with Gasteiger partial charge in [-0.05, 0) is 65.3 Å². The second kappa shape index (κ2) is 10.5. The fraction of sp³-hybridized carbons (Fsp3) is 0.515. The average molecular weight is 623 g/mol. The maximum atomic E-state index is 15.6. The van der Waals surface area contributed by atoms with Crippen LogP contribution in [0.4, 0.5) is 8.63 Å². The van der Waals surface area contributed by atoms with Crippen LogP contribution in [0.1, 0.15) is 70.3 Å². The van der Waals surface area contributed by atoms with E-state index in [0.717, 1.165) is 20.1 Å². The second-order valence-corrected chi connectivity index (χ2v) is 13.8. The molecule has 3 aliphatic carbocycles. The van der Waals surface area contributed by atoms with E-state index in [4.69, 9.17) is 4.74 Å². The van der Waals surface area contributed by atoms with Gasteiger partial charge in [0, 0.05) is 73.7 Å². The van der Waals surface area contributed by atoms with Crippen LogP contribution in [-0.2, 0) is 19.1 Å². The van der Waals surface area contributed by atoms with Gasteiger partial charge in [0.2, 0.25) is 11.8 Å². The van der Waals surface area contributed by atoms with Crippen molar-refractivity contribution in [2.45, 2.75) is 84.0 Å². The minimum absolute atomic E-state index is 0.00418. The van der Waals surface area contributed by atoms with Crippen molar-refractivity contribution in [3.8, 4) is 0 Å². The van der Waals surface area contributed by atoms with Crippen molar-refractivity contribution in [1.82, 2.24) is 15.1 Å². The zero-order chi connectivity index (χ0) is 32.7. The Hall–Kier alpha value is -3.64. The summed E-state index contributed by atoms with van der Waals surface area (Å²) in [6.07, 6.45) is 9.17. The molecule has 0 radical (unpaired) electrons. The van der Waals surface area contributed by atoms with Gasteiger partial charge in [0.15, 0.2) is 17.1 Å². The lowest BCUT2D eigenvalue weighted by atomic mass is 9.52. The van der Waals surface area contributed by atoms with Crippen LogP contribution in [0.3, 0.4) is 0 Å². The largest absolute Gasteiger partial charge is 0.737 e. The topological polar surface area (TPSA) is 113 Å². The molecule has 4 unspecified atom stereocenters. The normalized spacial score (nSPS) is 29.7. The predicted molar refractivity (Wildman–Crippen MR) is 166 cm³/mol. The van der Waals surface area contributed by atoms with Crippen LogP contribution in [0, 0.1) is 25.7 Å². The summed E-state index contributed by atoms with van der Waals surface area (Å²) in [6, 6.07) is 1.75. The van der Waals surface area contributed by atoms with Crippen molar-refractivity contribution in [3.05, 3.63) is 64.2 Å². The Balaban J connectivity index is 1.07. The number of aromatic nitrogens is 1. The lowest BCUT2D eigenvalue weighted by molar-refractivity contribution is -0.362. The van der Waals surface area contributed by atoms with E-state index < -0.39 is 41.5 Å². The summed E-state index contributed by atoms with van der Waals surface area (Å²) in [4.78, 5) is 39.6. The molecule has 7 rings (SSSR count). The molecule has 2 fully saturated rings. The number of carbonyl (C=O) groups excluding carboxylic acids is 3. The van der Waals surface area contributed by atoms with Gasteiger partial charge in [-0.15, -0.1) is 0 Å². The van der Waals surface area contributed by atoms with Crippen LogP contribution in [0.15, 0.2) is 47.2 Å². The number of aryl methyl sites for hydroxylation is 2. The number of rotatable bonds is 9. The highest BCUT2D eigenvalue weighted by atomic mass is 19.2. The Bertz CT molecular complexity index is 1680. The summed E-state index contributed by atoms with van der Waals surface area (Å²) in [7, 11) is 0. The highest BCUT2D eigenvalue weighted by Gasteiger charge is 2.78. The number of carbonyl (C=O) groups is 3. The molecule has 1 saturated carbocycles. The van der Waals surface area contributed by atoms with Crippen LogP contribution >= 0.6 is 0 Å². The molecule has 0 spiro atoms. The summed E-state index contributed by atoms with van der Waals surface area (Å²) in [6.45, 7) is 7.08. The Morgan fingerprint density at radius 3 is 2.62 bits per heavy atom. The first kappa shape index (κ1) is 31.4. The fourth-order valence-corrected chi connectivity index (χ4v) is 8.21. The first-order chi connectivity index (χ1) is 21.0. The van der Waals surface area contributed by atoms with E-state index in [1.54, 1.807) is 37.3 Å². The average Bonchev–Trinajstić information content (AvgIpc) is 3.54. The van der Waals surface area contributed by atoms with Crippen LogP contribution in [0.5, 0.6) is 0 Å². The van der Waals surface area contributed by atoms with E-state index in [0.29, 0.717) is 29.2 Å². The van der Waals surface area contributed by atoms with Crippen molar-refractivity contribution >= 4 is 36.4 Å². The number of ketones is 1. The van der Waals surface area contributed by atoms with Crippen molar-refractivity contribution in [3.63, 3.8) is 0 Å². The SMILES string of the molecule is CC(C)=CCC12OC(C)(C)C3CC(C=C(C(=O)NCCNC(=O)CCC4=[N+]5C(=Cc6c(C)cc(C)n6[B-]5(F)F)C=C4)C31O)C2=O. The molecule has 3 aliphatic heterocycles. The summed E-state index contributed by atoms with van der Waals surface area (Å²) in [5.41, 5.74) is -0.472. The standard InChI is InChI=1S/C33H41BF2N4O5/c1-19(2)11-12-32-29(42)22-16-25(33(32,44)27(17-22)31(5,6)45-32)30(43)38-14-13-37-28(41)10-9-23-7-8-24-18-26-20(3)15-21(4)39(26)34(35,36)40(23)24/h7-8,11,15-16,18,22,27,44H,9-10,12-14,17H2,1-6H3,(H,37,41)(H,38,43). The van der Waals surface area contributed by atoms with Crippen molar-refractivity contribution in [2.24, 2.45) is 11.8 Å². The van der Waals surface area contributed by atoms with Gasteiger partial charge in [-0.1, -0.05) is 17.7 Å². The Labute approximate surface area is 261 Å². The van der Waals surface area contributed by atoms with Gasteiger partial charge in [-0.25, -0.2) is 0 Å². The Kier molecular flexibility index (Phi) is 7.28. The van der Waals surface area contributed by atoms with Crippen molar-refractivity contribution < 1.29 is 37.3 Å². The van der Waals surface area contributed by atoms with Crippen LogP contribution < -0.4 is 10.6 Å². The van der Waals surface area contributed by atoms with Crippen molar-refractivity contribution in [1.29, 1.82) is 0 Å². The molecule has 3 N–H and O–H groups in total. The first-order valence-corrected chi connectivity index (χ1v) is 15.7. The van der Waals surface area contributed by atoms with Crippen molar-refractivity contribution in [2.75, 3.05) is 13.1 Å². The number of hydrogen-bond donors (Lipinski definition) is 3. The number of Topliss-reactive ketones (excluding diaryl/α,β-unsaturated/α-hetero) is 1. The van der Waals surface area contributed by atoms with E-state index in [-0.39, 0.29) is 49.6 Å². The molecular weight excluding hydrogens is 581 g/mol. The first-order valence-electron chi connectivity index (χ1n) is 15.7. The molecule has 4 atom stereocenters. The molecule has 45 heavy (non-hydrogen) atoms. The number of halogens is 2. The zero-order valence-electron chi connectivity index (χ0n) is 26.7. The fourth-order valence-electron chi connectivity index (χ4n) is 8.21. The molecule has 9 nitrogen and oxygen atoms in total. The quantitative estimate of drug-likeness (QED) is 0.222. The number of hydrogen-bond acceptors (Lipinski definition) is 5. The molecule has 4 bridgehead atoms. The molecular formula is C33H41BF2N4O5. The number of nitrogens with zero attached hydrogens (tertiary/aromatic N) is 2. The highest BCUT2D eigenvalue weighted by molar-refractivity contribution is 6.58. The van der Waals surface area contributed by atoms with Crippen LogP contribution in [-0.4, -0.2) is 74.2 Å². The maximum absolute atomic E-state index is 15.6. The molecule has 12 heteroatoms. The molecule has 0 aromatic carbocycles. The lowest BCUT2D eigenvalue weighted by Crippen LogP contribution is -2.69. The minimum atomic E-state index is -4.09. The predicted octanol–water partition coefficient (Wildman–Crippen LogP) is 3.50. The third-order valence-electron chi connectivity index (χ3n) is 10.2. The smallest absolute Gasteiger partial charge is 0.394 e. The Morgan fingerprint density at radius 1 is 1.20 bits per heavy atom. The van der Waals surface area contributed by atoms with Crippen LogP contribution in [0.25, 0.3) is 6.08 Å². The minimum Gasteiger partial charge on any atom is -0.394 e. The summed E-state index contributed by atoms with van der Waals surface area (Å²) in [5, 5.41) is 17.7. The summed E-state index contributed by atoms with van der Waals surface area (Å²) >= 11 is 0. The van der Waals surface area contributed by atoms with E-state index in [9.17, 15) is 19.5 Å². The molecule has 1 aromatic rings. The summed E-state index contributed by atoms with van der Waals surface area (Å²) in [5.74, 6) is -2.01. The van der Waals surface area contributed by atoms with Gasteiger partial charge in [-0.2, -0.15) is 0 Å². The van der Waals surface area contributed by atoms with E-state index in [1.807, 2.05) is 40.7 Å². The number of allylic oxidation sites excluding steroid dienone is 4. The number of ether oxygens (including phenoxy) is 1. The molecule has 6 aliphatic rings. The van der Waals surface area contributed by atoms with Gasteiger partial charge in [-0.3, -0.25) is 14.4 Å². The van der Waals surface area contributed by atoms with Gasteiger partial charge >= 0.3 is 6.97 Å². The van der Waals surface area contributed by atoms with Crippen LogP contribution in [0.2, 0.25) is 0 Å². The Morgan fingerprint density at radius 2 is 1.91 bits per heavy atom.